The Morgan fingerprint density at radius 2 is 2.50 bits per heavy atom. The lowest BCUT2D eigenvalue weighted by Crippen LogP contribution is -2.24. The van der Waals surface area contributed by atoms with Crippen LogP contribution < -0.4 is 0 Å². The fraction of sp³-hybridized carbons (Fsp3) is 0.600. The predicted molar refractivity (Wildman–Crippen MR) is 68.8 cm³/mol. The van der Waals surface area contributed by atoms with Crippen molar-refractivity contribution in [2.24, 2.45) is 0 Å². The predicted octanol–water partition coefficient (Wildman–Crippen LogP) is 0.855. The zero-order valence-electron chi connectivity index (χ0n) is 9.68. The zero-order chi connectivity index (χ0) is 12.7. The monoisotopic (exact) mass is 287 g/mol. The lowest BCUT2D eigenvalue weighted by molar-refractivity contribution is -0.0454. The highest BCUT2D eigenvalue weighted by atomic mass is 32.2. The number of hydrogen-bond acceptors (Lipinski definition) is 7. The number of aromatic nitrogens is 3. The Kier molecular flexibility index (Phi) is 3.29. The summed E-state index contributed by atoms with van der Waals surface area (Å²) in [4.78, 5) is 5.40. The van der Waals surface area contributed by atoms with E-state index in [2.05, 4.69) is 9.36 Å². The zero-order valence-corrected chi connectivity index (χ0v) is 11.3. The Balaban J connectivity index is 2.00. The second-order valence-electron chi connectivity index (χ2n) is 4.10. The van der Waals surface area contributed by atoms with Crippen molar-refractivity contribution in [1.82, 2.24) is 13.9 Å². The molecule has 0 radical (unpaired) electrons. The second kappa shape index (κ2) is 4.78. The Morgan fingerprint density at radius 1 is 1.67 bits per heavy atom. The molecule has 0 aromatic carbocycles. The first-order valence-corrected chi connectivity index (χ1v) is 7.55. The SMILES string of the molecule is CSc1nc2cnsc2n1[C@H]1C[C@H](O)[C@@H](CO)O1. The van der Waals surface area contributed by atoms with Crippen LogP contribution in [0.2, 0.25) is 0 Å². The largest absolute Gasteiger partial charge is 0.394 e. The number of imidazole rings is 1. The summed E-state index contributed by atoms with van der Waals surface area (Å²) in [7, 11) is 0. The van der Waals surface area contributed by atoms with Crippen LogP contribution in [0.3, 0.4) is 0 Å². The van der Waals surface area contributed by atoms with E-state index in [-0.39, 0.29) is 12.8 Å². The van der Waals surface area contributed by atoms with Gasteiger partial charge < -0.3 is 14.9 Å². The lowest BCUT2D eigenvalue weighted by atomic mass is 10.2. The van der Waals surface area contributed by atoms with Gasteiger partial charge in [0.25, 0.3) is 0 Å². The Labute approximate surface area is 112 Å². The molecule has 98 valence electrons. The van der Waals surface area contributed by atoms with Crippen LogP contribution in [0.1, 0.15) is 12.6 Å². The molecule has 18 heavy (non-hydrogen) atoms. The molecule has 0 amide bonds. The molecule has 3 heterocycles. The average molecular weight is 287 g/mol. The molecular weight excluding hydrogens is 274 g/mol. The van der Waals surface area contributed by atoms with Gasteiger partial charge in [0.15, 0.2) is 5.16 Å². The van der Waals surface area contributed by atoms with Crippen molar-refractivity contribution < 1.29 is 14.9 Å². The number of nitrogens with zero attached hydrogens (tertiary/aromatic N) is 3. The maximum absolute atomic E-state index is 9.81. The van der Waals surface area contributed by atoms with Gasteiger partial charge in [0, 0.05) is 6.42 Å². The molecule has 2 N–H and O–H groups in total. The quantitative estimate of drug-likeness (QED) is 0.815. The average Bonchev–Trinajstić information content (AvgIpc) is 3.01. The van der Waals surface area contributed by atoms with Crippen LogP contribution in [-0.4, -0.2) is 49.2 Å². The van der Waals surface area contributed by atoms with Gasteiger partial charge in [-0.1, -0.05) is 11.8 Å². The second-order valence-corrected chi connectivity index (χ2v) is 5.65. The van der Waals surface area contributed by atoms with Crippen molar-refractivity contribution >= 4 is 33.6 Å². The van der Waals surface area contributed by atoms with Crippen LogP contribution in [0, 0.1) is 0 Å². The van der Waals surface area contributed by atoms with Gasteiger partial charge in [-0.2, -0.15) is 4.37 Å². The highest BCUT2D eigenvalue weighted by Gasteiger charge is 2.36. The van der Waals surface area contributed by atoms with Crippen LogP contribution >= 0.6 is 23.3 Å². The first-order valence-electron chi connectivity index (χ1n) is 5.55. The molecule has 3 rings (SSSR count). The number of fused-ring (bicyclic) bond motifs is 1. The van der Waals surface area contributed by atoms with E-state index in [9.17, 15) is 5.11 Å². The summed E-state index contributed by atoms with van der Waals surface area (Å²) in [5.41, 5.74) is 0.842. The van der Waals surface area contributed by atoms with Crippen molar-refractivity contribution in [3.63, 3.8) is 0 Å². The Bertz CT molecular complexity index is 556. The highest BCUT2D eigenvalue weighted by Crippen LogP contribution is 2.36. The number of rotatable bonds is 3. The third-order valence-corrected chi connectivity index (χ3v) is 4.47. The highest BCUT2D eigenvalue weighted by molar-refractivity contribution is 7.98. The first kappa shape index (κ1) is 12.4. The van der Waals surface area contributed by atoms with E-state index in [1.54, 1.807) is 6.20 Å². The minimum Gasteiger partial charge on any atom is -0.394 e. The lowest BCUT2D eigenvalue weighted by Gasteiger charge is -2.15. The van der Waals surface area contributed by atoms with E-state index in [4.69, 9.17) is 9.84 Å². The molecule has 6 nitrogen and oxygen atoms in total. The molecule has 3 atom stereocenters. The molecule has 2 aromatic rings. The van der Waals surface area contributed by atoms with E-state index < -0.39 is 12.2 Å². The molecule has 0 unspecified atom stereocenters. The van der Waals surface area contributed by atoms with Crippen molar-refractivity contribution in [3.05, 3.63) is 6.20 Å². The van der Waals surface area contributed by atoms with E-state index in [0.29, 0.717) is 6.42 Å². The summed E-state index contributed by atoms with van der Waals surface area (Å²) < 4.78 is 11.7. The van der Waals surface area contributed by atoms with Crippen LogP contribution in [-0.2, 0) is 4.74 Å². The number of thioether (sulfide) groups is 1. The molecule has 1 aliphatic heterocycles. The van der Waals surface area contributed by atoms with Crippen molar-refractivity contribution in [2.45, 2.75) is 30.0 Å². The smallest absolute Gasteiger partial charge is 0.171 e. The number of aliphatic hydroxyl groups is 2. The first-order chi connectivity index (χ1) is 8.74. The molecule has 1 saturated heterocycles. The maximum atomic E-state index is 9.81. The summed E-state index contributed by atoms with van der Waals surface area (Å²) >= 11 is 2.89. The molecule has 0 aliphatic carbocycles. The minimum atomic E-state index is -0.639. The van der Waals surface area contributed by atoms with Gasteiger partial charge in [0.05, 0.1) is 18.9 Å². The van der Waals surface area contributed by atoms with Gasteiger partial charge in [0.1, 0.15) is 22.7 Å². The van der Waals surface area contributed by atoms with Crippen molar-refractivity contribution in [1.29, 1.82) is 0 Å². The van der Waals surface area contributed by atoms with Gasteiger partial charge in [-0.15, -0.1) is 0 Å². The molecule has 0 bridgehead atoms. The van der Waals surface area contributed by atoms with Crippen LogP contribution in [0.25, 0.3) is 10.3 Å². The summed E-state index contributed by atoms with van der Waals surface area (Å²) in [6, 6.07) is 0. The molecule has 2 aromatic heterocycles. The normalized spacial score (nSPS) is 28.3. The summed E-state index contributed by atoms with van der Waals surface area (Å²) in [5.74, 6) is 0. The third-order valence-electron chi connectivity index (χ3n) is 3.03. The Hall–Kier alpha value is -0.670. The van der Waals surface area contributed by atoms with Crippen LogP contribution in [0.4, 0.5) is 0 Å². The van der Waals surface area contributed by atoms with Gasteiger partial charge in [-0.3, -0.25) is 4.57 Å². The minimum absolute atomic E-state index is 0.174. The van der Waals surface area contributed by atoms with E-state index in [1.165, 1.54) is 23.3 Å². The summed E-state index contributed by atoms with van der Waals surface area (Å²) in [5, 5.41) is 19.8. The molecule has 0 saturated carbocycles. The topological polar surface area (TPSA) is 80.4 Å². The molecular formula is C10H13N3O3S2. The molecule has 1 aliphatic rings. The molecule has 1 fully saturated rings. The number of ether oxygens (including phenoxy) is 1. The standard InChI is InChI=1S/C10H13N3O3S2/c1-17-10-12-5-3-11-18-9(5)13(10)8-2-6(15)7(4-14)16-8/h3,6-8,14-15H,2,4H2,1H3/t6-,7+,8+/m0/s1. The van der Waals surface area contributed by atoms with E-state index in [0.717, 1.165) is 15.5 Å². The van der Waals surface area contributed by atoms with Gasteiger partial charge in [-0.05, 0) is 17.8 Å². The fourth-order valence-electron chi connectivity index (χ4n) is 2.15. The van der Waals surface area contributed by atoms with Gasteiger partial charge in [-0.25, -0.2) is 4.98 Å². The van der Waals surface area contributed by atoms with Crippen molar-refractivity contribution in [2.75, 3.05) is 12.9 Å². The molecule has 8 heteroatoms. The van der Waals surface area contributed by atoms with Crippen LogP contribution in [0.15, 0.2) is 11.4 Å². The van der Waals surface area contributed by atoms with Crippen LogP contribution in [0.5, 0.6) is 0 Å². The van der Waals surface area contributed by atoms with Gasteiger partial charge in [0.2, 0.25) is 0 Å². The summed E-state index contributed by atoms with van der Waals surface area (Å²) in [6.07, 6.45) is 2.69. The van der Waals surface area contributed by atoms with E-state index in [1.807, 2.05) is 10.8 Å². The van der Waals surface area contributed by atoms with Crippen molar-refractivity contribution in [3.8, 4) is 0 Å². The maximum Gasteiger partial charge on any atom is 0.171 e. The fourth-order valence-corrected chi connectivity index (χ4v) is 3.54. The third kappa shape index (κ3) is 1.84. The number of aliphatic hydroxyl groups excluding tert-OH is 2. The molecule has 0 spiro atoms. The number of hydrogen-bond donors (Lipinski definition) is 2. The van der Waals surface area contributed by atoms with E-state index >= 15 is 0 Å². The summed E-state index contributed by atoms with van der Waals surface area (Å²) in [6.45, 7) is -0.174. The Morgan fingerprint density at radius 3 is 3.17 bits per heavy atom. The van der Waals surface area contributed by atoms with Gasteiger partial charge >= 0.3 is 0 Å².